The van der Waals surface area contributed by atoms with Gasteiger partial charge in [0.1, 0.15) is 0 Å². The molecule has 0 aromatic heterocycles. The molecule has 3 N–H and O–H groups in total. The molecule has 0 aliphatic heterocycles. The van der Waals surface area contributed by atoms with E-state index < -0.39 is 0 Å². The number of carbonyl (C=O) groups is 1. The van der Waals surface area contributed by atoms with Crippen molar-refractivity contribution in [3.8, 4) is 0 Å². The zero-order valence-electron chi connectivity index (χ0n) is 10.9. The lowest BCUT2D eigenvalue weighted by atomic mass is 9.75. The first kappa shape index (κ1) is 12.6. The largest absolute Gasteiger partial charge is 0.353 e. The second-order valence-corrected chi connectivity index (χ2v) is 6.36. The molecule has 1 saturated carbocycles. The van der Waals surface area contributed by atoms with Crippen molar-refractivity contribution in [3.63, 3.8) is 0 Å². The molecule has 0 bridgehead atoms. The second kappa shape index (κ2) is 4.81. The van der Waals surface area contributed by atoms with E-state index >= 15 is 0 Å². The Labute approximate surface area is 104 Å². The van der Waals surface area contributed by atoms with E-state index in [1.165, 1.54) is 12.8 Å². The summed E-state index contributed by atoms with van der Waals surface area (Å²) in [7, 11) is 0. The Morgan fingerprint density at radius 2 is 2.18 bits per heavy atom. The van der Waals surface area contributed by atoms with Gasteiger partial charge in [0.15, 0.2) is 0 Å². The lowest BCUT2D eigenvalue weighted by Crippen LogP contribution is -2.43. The maximum absolute atomic E-state index is 12.1. The number of amides is 1. The van der Waals surface area contributed by atoms with Crippen LogP contribution in [0.15, 0.2) is 12.2 Å². The van der Waals surface area contributed by atoms with E-state index in [0.29, 0.717) is 11.5 Å². The van der Waals surface area contributed by atoms with Crippen molar-refractivity contribution in [3.05, 3.63) is 12.2 Å². The van der Waals surface area contributed by atoms with Crippen molar-refractivity contribution in [1.29, 1.82) is 0 Å². The van der Waals surface area contributed by atoms with Crippen LogP contribution in [0.25, 0.3) is 0 Å². The van der Waals surface area contributed by atoms with E-state index in [4.69, 9.17) is 5.73 Å². The monoisotopic (exact) mass is 236 g/mol. The molecule has 2 rings (SSSR count). The second-order valence-electron chi connectivity index (χ2n) is 6.36. The first-order valence-corrected chi connectivity index (χ1v) is 6.70. The lowest BCUT2D eigenvalue weighted by molar-refractivity contribution is -0.124. The molecule has 3 unspecified atom stereocenters. The first-order chi connectivity index (χ1) is 7.96. The summed E-state index contributed by atoms with van der Waals surface area (Å²) in [4.78, 5) is 12.1. The van der Waals surface area contributed by atoms with E-state index in [1.807, 2.05) is 12.2 Å². The van der Waals surface area contributed by atoms with Crippen LogP contribution in [0, 0.1) is 11.3 Å². The molecule has 1 amide bonds. The Hall–Kier alpha value is -0.830. The molecule has 0 aromatic carbocycles. The van der Waals surface area contributed by atoms with Crippen molar-refractivity contribution in [2.45, 2.75) is 58.0 Å². The van der Waals surface area contributed by atoms with E-state index in [2.05, 4.69) is 19.2 Å². The van der Waals surface area contributed by atoms with Crippen LogP contribution in [0.5, 0.6) is 0 Å². The highest BCUT2D eigenvalue weighted by Gasteiger charge is 2.30. The third kappa shape index (κ3) is 3.32. The molecule has 0 heterocycles. The summed E-state index contributed by atoms with van der Waals surface area (Å²) < 4.78 is 0. The summed E-state index contributed by atoms with van der Waals surface area (Å²) in [6.07, 6.45) is 9.37. The van der Waals surface area contributed by atoms with Crippen LogP contribution in [-0.2, 0) is 4.79 Å². The van der Waals surface area contributed by atoms with Crippen LogP contribution in [0.4, 0.5) is 0 Å². The number of hydrogen-bond acceptors (Lipinski definition) is 2. The fourth-order valence-electron chi connectivity index (χ4n) is 3.05. The minimum absolute atomic E-state index is 0.00459. The molecule has 0 radical (unpaired) electrons. The molecule has 3 heteroatoms. The normalized spacial score (nSPS) is 35.8. The van der Waals surface area contributed by atoms with Gasteiger partial charge in [0.25, 0.3) is 0 Å². The quantitative estimate of drug-likeness (QED) is 0.720. The predicted molar refractivity (Wildman–Crippen MR) is 69.4 cm³/mol. The smallest absolute Gasteiger partial charge is 0.227 e. The van der Waals surface area contributed by atoms with Crippen LogP contribution >= 0.6 is 0 Å². The molecular formula is C14H24N2O. The van der Waals surface area contributed by atoms with Gasteiger partial charge in [-0.2, -0.15) is 0 Å². The molecule has 3 atom stereocenters. The van der Waals surface area contributed by atoms with Crippen molar-refractivity contribution < 1.29 is 4.79 Å². The summed E-state index contributed by atoms with van der Waals surface area (Å²) >= 11 is 0. The maximum atomic E-state index is 12.1. The number of rotatable bonds is 2. The first-order valence-electron chi connectivity index (χ1n) is 6.70. The Bertz CT molecular complexity index is 322. The highest BCUT2D eigenvalue weighted by Crippen LogP contribution is 2.35. The summed E-state index contributed by atoms with van der Waals surface area (Å²) in [6, 6.07) is 0.421. The number of nitrogens with two attached hydrogens (primary N) is 1. The third-order valence-corrected chi connectivity index (χ3v) is 4.00. The molecule has 2 aliphatic rings. The highest BCUT2D eigenvalue weighted by atomic mass is 16.1. The Kier molecular flexibility index (Phi) is 3.57. The molecular weight excluding hydrogens is 212 g/mol. The van der Waals surface area contributed by atoms with Crippen LogP contribution in [-0.4, -0.2) is 18.0 Å². The molecule has 0 aromatic rings. The molecule has 0 spiro atoms. The number of carbonyl (C=O) groups excluding carboxylic acids is 1. The highest BCUT2D eigenvalue weighted by molar-refractivity contribution is 5.81. The summed E-state index contributed by atoms with van der Waals surface area (Å²) in [5.74, 6) is 0.159. The van der Waals surface area contributed by atoms with Crippen molar-refractivity contribution in [1.82, 2.24) is 5.32 Å². The van der Waals surface area contributed by atoms with Gasteiger partial charge < -0.3 is 11.1 Å². The zero-order valence-corrected chi connectivity index (χ0v) is 10.9. The van der Waals surface area contributed by atoms with E-state index in [1.54, 1.807) is 0 Å². The fraction of sp³-hybridized carbons (Fsp3) is 0.786. The van der Waals surface area contributed by atoms with Gasteiger partial charge in [0, 0.05) is 12.1 Å². The van der Waals surface area contributed by atoms with E-state index in [-0.39, 0.29) is 17.9 Å². The topological polar surface area (TPSA) is 55.1 Å². The molecule has 1 fully saturated rings. The number of nitrogens with one attached hydrogen (secondary N) is 1. The van der Waals surface area contributed by atoms with Gasteiger partial charge in [0.2, 0.25) is 5.91 Å². The van der Waals surface area contributed by atoms with Crippen molar-refractivity contribution in [2.24, 2.45) is 17.1 Å². The Balaban J connectivity index is 1.84. The summed E-state index contributed by atoms with van der Waals surface area (Å²) in [5, 5.41) is 3.19. The third-order valence-electron chi connectivity index (χ3n) is 4.00. The van der Waals surface area contributed by atoms with Crippen LogP contribution in [0.3, 0.4) is 0 Å². The fourth-order valence-corrected chi connectivity index (χ4v) is 3.05. The molecule has 96 valence electrons. The summed E-state index contributed by atoms with van der Waals surface area (Å²) in [5.41, 5.74) is 6.15. The van der Waals surface area contributed by atoms with Gasteiger partial charge in [-0.25, -0.2) is 0 Å². The lowest BCUT2D eigenvalue weighted by Gasteiger charge is -2.35. The zero-order chi connectivity index (χ0) is 12.5. The minimum Gasteiger partial charge on any atom is -0.353 e. The Morgan fingerprint density at radius 1 is 1.41 bits per heavy atom. The van der Waals surface area contributed by atoms with Crippen LogP contribution in [0.2, 0.25) is 0 Å². The molecule has 2 aliphatic carbocycles. The minimum atomic E-state index is -0.00459. The van der Waals surface area contributed by atoms with Crippen molar-refractivity contribution in [2.75, 3.05) is 0 Å². The molecule has 3 nitrogen and oxygen atoms in total. The van der Waals surface area contributed by atoms with E-state index in [0.717, 1.165) is 19.3 Å². The average Bonchev–Trinajstić information content (AvgIpc) is 2.63. The van der Waals surface area contributed by atoms with Gasteiger partial charge >= 0.3 is 0 Å². The van der Waals surface area contributed by atoms with Crippen molar-refractivity contribution >= 4 is 5.91 Å². The van der Waals surface area contributed by atoms with Crippen LogP contribution < -0.4 is 11.1 Å². The van der Waals surface area contributed by atoms with Gasteiger partial charge in [-0.3, -0.25) is 4.79 Å². The standard InChI is InChI=1S/C14H24N2O/c1-14(2)7-3-4-12(9-14)16-13(17)10-5-6-11(15)8-10/h5-6,10-12H,3-4,7-9,15H2,1-2H3,(H,16,17). The molecule has 0 saturated heterocycles. The van der Waals surface area contributed by atoms with Gasteiger partial charge in [-0.1, -0.05) is 32.4 Å². The SMILES string of the molecule is CC1(C)CCCC(NC(=O)C2C=CC(N)C2)C1. The van der Waals surface area contributed by atoms with Gasteiger partial charge in [-0.05, 0) is 31.1 Å². The Morgan fingerprint density at radius 3 is 2.76 bits per heavy atom. The maximum Gasteiger partial charge on any atom is 0.227 e. The van der Waals surface area contributed by atoms with Gasteiger partial charge in [-0.15, -0.1) is 0 Å². The predicted octanol–water partition coefficient (Wildman–Crippen LogP) is 1.97. The molecule has 17 heavy (non-hydrogen) atoms. The van der Waals surface area contributed by atoms with Gasteiger partial charge in [0.05, 0.1) is 5.92 Å². The number of hydrogen-bond donors (Lipinski definition) is 2. The average molecular weight is 236 g/mol. The summed E-state index contributed by atoms with van der Waals surface area (Å²) in [6.45, 7) is 4.58. The van der Waals surface area contributed by atoms with Crippen LogP contribution in [0.1, 0.15) is 46.0 Å². The van der Waals surface area contributed by atoms with E-state index in [9.17, 15) is 4.79 Å².